The molecule has 0 unspecified atom stereocenters. The Kier molecular flexibility index (Phi) is 1.92. The summed E-state index contributed by atoms with van der Waals surface area (Å²) in [5.41, 5.74) is 1.60. The maximum Gasteiger partial charge on any atom is 0.273 e. The van der Waals surface area contributed by atoms with Gasteiger partial charge in [0.2, 0.25) is 0 Å². The fourth-order valence-electron chi connectivity index (χ4n) is 1.11. The number of hydrogen-bond acceptors (Lipinski definition) is 2. The molecule has 2 rings (SSSR count). The van der Waals surface area contributed by atoms with E-state index in [1.54, 1.807) is 0 Å². The topological polar surface area (TPSA) is 45.7 Å². The highest BCUT2D eigenvalue weighted by molar-refractivity contribution is 5.59. The van der Waals surface area contributed by atoms with Crippen LogP contribution in [0.25, 0.3) is 11.3 Å². The Labute approximate surface area is 75.7 Å². The predicted octanol–water partition coefficient (Wildman–Crippen LogP) is 2.29. The molecule has 0 fully saturated rings. The highest BCUT2D eigenvalue weighted by Crippen LogP contribution is 2.18. The van der Waals surface area contributed by atoms with Gasteiger partial charge < -0.3 is 0 Å². The van der Waals surface area contributed by atoms with Crippen LogP contribution >= 0.6 is 0 Å². The van der Waals surface area contributed by atoms with Gasteiger partial charge in [-0.3, -0.25) is 5.11 Å². The van der Waals surface area contributed by atoms with E-state index in [0.717, 1.165) is 5.56 Å². The zero-order valence-electron chi connectivity index (χ0n) is 6.84. The summed E-state index contributed by atoms with van der Waals surface area (Å²) < 4.78 is 0. The van der Waals surface area contributed by atoms with E-state index in [0.29, 0.717) is 5.69 Å². The monoisotopic (exact) mass is 171 g/mol. The molecule has 0 amide bonds. The van der Waals surface area contributed by atoms with Gasteiger partial charge in [0, 0.05) is 11.6 Å². The SMILES string of the molecule is [O]c1cc(-c2ccccc2)ncn1. The lowest BCUT2D eigenvalue weighted by Gasteiger charge is -1.97. The molecule has 3 heteroatoms. The van der Waals surface area contributed by atoms with Crippen molar-refractivity contribution in [3.8, 4) is 17.1 Å². The van der Waals surface area contributed by atoms with Gasteiger partial charge in [-0.1, -0.05) is 30.3 Å². The molecule has 0 N–H and O–H groups in total. The van der Waals surface area contributed by atoms with Crippen molar-refractivity contribution in [3.05, 3.63) is 42.7 Å². The molecule has 1 aromatic heterocycles. The van der Waals surface area contributed by atoms with Crippen molar-refractivity contribution in [1.82, 2.24) is 9.97 Å². The molecule has 13 heavy (non-hydrogen) atoms. The van der Waals surface area contributed by atoms with E-state index in [-0.39, 0.29) is 5.88 Å². The van der Waals surface area contributed by atoms with E-state index < -0.39 is 0 Å². The normalized spacial score (nSPS) is 9.85. The van der Waals surface area contributed by atoms with Gasteiger partial charge in [0.05, 0.1) is 5.69 Å². The van der Waals surface area contributed by atoms with Gasteiger partial charge in [-0.05, 0) is 0 Å². The molecule has 0 bridgehead atoms. The predicted molar refractivity (Wildman–Crippen MR) is 47.6 cm³/mol. The molecular weight excluding hydrogens is 164 g/mol. The van der Waals surface area contributed by atoms with Gasteiger partial charge >= 0.3 is 0 Å². The number of benzene rings is 1. The summed E-state index contributed by atoms with van der Waals surface area (Å²) >= 11 is 0. The Morgan fingerprint density at radius 2 is 1.77 bits per heavy atom. The molecule has 0 aliphatic rings. The van der Waals surface area contributed by atoms with Crippen molar-refractivity contribution >= 4 is 0 Å². The average molecular weight is 171 g/mol. The van der Waals surface area contributed by atoms with E-state index in [1.807, 2.05) is 30.3 Å². The number of nitrogens with zero attached hydrogens (tertiary/aromatic N) is 2. The molecule has 1 aromatic carbocycles. The molecule has 0 aliphatic carbocycles. The third-order valence-electron chi connectivity index (χ3n) is 1.71. The lowest BCUT2D eigenvalue weighted by molar-refractivity contribution is 0.337. The first-order chi connectivity index (χ1) is 6.36. The van der Waals surface area contributed by atoms with Gasteiger partial charge in [0.15, 0.2) is 0 Å². The largest absolute Gasteiger partial charge is 0.273 e. The lowest BCUT2D eigenvalue weighted by Crippen LogP contribution is -1.83. The van der Waals surface area contributed by atoms with Gasteiger partial charge in [-0.15, -0.1) is 0 Å². The van der Waals surface area contributed by atoms with Crippen LogP contribution in [0.4, 0.5) is 0 Å². The zero-order valence-corrected chi connectivity index (χ0v) is 6.84. The molecule has 0 saturated carbocycles. The van der Waals surface area contributed by atoms with Crippen LogP contribution in [-0.4, -0.2) is 9.97 Å². The minimum atomic E-state index is -0.256. The number of hydrogen-bond donors (Lipinski definition) is 0. The van der Waals surface area contributed by atoms with Gasteiger partial charge in [0.25, 0.3) is 5.88 Å². The summed E-state index contributed by atoms with van der Waals surface area (Å²) in [6.07, 6.45) is 1.28. The smallest absolute Gasteiger partial charge is 0.267 e. The van der Waals surface area contributed by atoms with Gasteiger partial charge in [-0.2, -0.15) is 4.98 Å². The Morgan fingerprint density at radius 1 is 1.00 bits per heavy atom. The second-order valence-electron chi connectivity index (χ2n) is 2.61. The Balaban J connectivity index is 2.48. The first kappa shape index (κ1) is 7.73. The first-order valence-electron chi connectivity index (χ1n) is 3.91. The van der Waals surface area contributed by atoms with E-state index in [2.05, 4.69) is 9.97 Å². The summed E-state index contributed by atoms with van der Waals surface area (Å²) in [4.78, 5) is 7.50. The average Bonchev–Trinajstić information content (AvgIpc) is 2.19. The first-order valence-corrected chi connectivity index (χ1v) is 3.91. The second-order valence-corrected chi connectivity index (χ2v) is 2.61. The highest BCUT2D eigenvalue weighted by Gasteiger charge is 1.99. The second kappa shape index (κ2) is 3.23. The summed E-state index contributed by atoms with van der Waals surface area (Å²) in [6, 6.07) is 11.0. The molecule has 2 aromatic rings. The summed E-state index contributed by atoms with van der Waals surface area (Å²) in [7, 11) is 0. The van der Waals surface area contributed by atoms with Crippen molar-refractivity contribution in [2.75, 3.05) is 0 Å². The molecule has 0 spiro atoms. The van der Waals surface area contributed by atoms with Crippen molar-refractivity contribution < 1.29 is 5.11 Å². The van der Waals surface area contributed by atoms with Crippen LogP contribution in [0, 0.1) is 0 Å². The highest BCUT2D eigenvalue weighted by atomic mass is 16.3. The molecule has 1 heterocycles. The summed E-state index contributed by atoms with van der Waals surface area (Å²) in [6.45, 7) is 0. The van der Waals surface area contributed by atoms with Crippen LogP contribution < -0.4 is 0 Å². The van der Waals surface area contributed by atoms with Gasteiger partial charge in [0.1, 0.15) is 6.33 Å². The quantitative estimate of drug-likeness (QED) is 0.660. The van der Waals surface area contributed by atoms with E-state index in [4.69, 9.17) is 0 Å². The molecule has 1 radical (unpaired) electrons. The van der Waals surface area contributed by atoms with E-state index >= 15 is 0 Å². The lowest BCUT2D eigenvalue weighted by atomic mass is 10.1. The van der Waals surface area contributed by atoms with Crippen molar-refractivity contribution in [1.29, 1.82) is 0 Å². The molecule has 0 aliphatic heterocycles. The van der Waals surface area contributed by atoms with Crippen LogP contribution in [-0.2, 0) is 5.11 Å². The van der Waals surface area contributed by atoms with Gasteiger partial charge in [-0.25, -0.2) is 4.98 Å². The third-order valence-corrected chi connectivity index (χ3v) is 1.71. The summed E-state index contributed by atoms with van der Waals surface area (Å²) in [5.74, 6) is -0.256. The van der Waals surface area contributed by atoms with E-state index in [9.17, 15) is 5.11 Å². The Hall–Kier alpha value is -1.90. The molecule has 63 valence electrons. The van der Waals surface area contributed by atoms with Crippen LogP contribution in [0.3, 0.4) is 0 Å². The van der Waals surface area contributed by atoms with Crippen molar-refractivity contribution in [3.63, 3.8) is 0 Å². The molecular formula is C10H7N2O. The standard InChI is InChI=1S/C10H7N2O/c13-10-6-9(11-7-12-10)8-4-2-1-3-5-8/h1-7H. The maximum absolute atomic E-state index is 10.9. The minimum Gasteiger partial charge on any atom is -0.267 e. The van der Waals surface area contributed by atoms with E-state index in [1.165, 1.54) is 12.4 Å². The fourth-order valence-corrected chi connectivity index (χ4v) is 1.11. The Morgan fingerprint density at radius 3 is 2.46 bits per heavy atom. The molecule has 0 saturated heterocycles. The fraction of sp³-hybridized carbons (Fsp3) is 0. The zero-order chi connectivity index (χ0) is 9.10. The summed E-state index contributed by atoms with van der Waals surface area (Å²) in [5, 5.41) is 10.9. The number of aromatic nitrogens is 2. The van der Waals surface area contributed by atoms with Crippen molar-refractivity contribution in [2.45, 2.75) is 0 Å². The minimum absolute atomic E-state index is 0.256. The van der Waals surface area contributed by atoms with Crippen LogP contribution in [0.1, 0.15) is 0 Å². The third kappa shape index (κ3) is 1.64. The molecule has 3 nitrogen and oxygen atoms in total. The van der Waals surface area contributed by atoms with Crippen LogP contribution in [0.5, 0.6) is 5.88 Å². The van der Waals surface area contributed by atoms with Crippen molar-refractivity contribution in [2.24, 2.45) is 0 Å². The van der Waals surface area contributed by atoms with Crippen LogP contribution in [0.15, 0.2) is 42.7 Å². The van der Waals surface area contributed by atoms with Crippen LogP contribution in [0.2, 0.25) is 0 Å². The maximum atomic E-state index is 10.9. The molecule has 0 atom stereocenters. The number of rotatable bonds is 1. The Bertz CT molecular complexity index is 401.